The molecule has 0 fully saturated rings. The van der Waals surface area contributed by atoms with Gasteiger partial charge >= 0.3 is 0 Å². The number of carbonyl (C=O) groups is 1. The second-order valence-electron chi connectivity index (χ2n) is 2.14. The van der Waals surface area contributed by atoms with E-state index in [9.17, 15) is 4.79 Å². The average Bonchev–Trinajstić information content (AvgIpc) is 2.00. The Hall–Kier alpha value is -0.1000. The summed E-state index contributed by atoms with van der Waals surface area (Å²) < 4.78 is 4.44. The van der Waals surface area contributed by atoms with Gasteiger partial charge in [0.1, 0.15) is 12.4 Å². The quantitative estimate of drug-likeness (QED) is 0.304. The molecule has 12 heavy (non-hydrogen) atoms. The number of hydrogen-bond acceptors (Lipinski definition) is 6. The standard InChI is InChI=1S/C5H12NO5P/c6-12(10)11-3-5(9)4(8)1-2-7/h2,4-5,8-10H,1,3,6H2/t4-,5+,12?/m0/s1. The van der Waals surface area contributed by atoms with Crippen LogP contribution in [0.4, 0.5) is 0 Å². The largest absolute Gasteiger partial charge is 0.390 e. The SMILES string of the molecule is NP(O)OC[C@@H](O)[C@@H](O)CC=O. The molecule has 0 aliphatic heterocycles. The van der Waals surface area contributed by atoms with E-state index in [1.165, 1.54) is 0 Å². The van der Waals surface area contributed by atoms with Crippen molar-refractivity contribution in [3.8, 4) is 0 Å². The maximum absolute atomic E-state index is 9.88. The first-order valence-corrected chi connectivity index (χ1v) is 4.52. The van der Waals surface area contributed by atoms with Crippen molar-refractivity contribution in [2.24, 2.45) is 5.50 Å². The lowest BCUT2D eigenvalue weighted by molar-refractivity contribution is -0.111. The summed E-state index contributed by atoms with van der Waals surface area (Å²) in [7, 11) is -2.03. The van der Waals surface area contributed by atoms with Crippen LogP contribution in [0, 0.1) is 0 Å². The van der Waals surface area contributed by atoms with Gasteiger partial charge in [-0.05, 0) is 0 Å². The highest BCUT2D eigenvalue weighted by Crippen LogP contribution is 2.19. The Kier molecular flexibility index (Phi) is 6.37. The van der Waals surface area contributed by atoms with Crippen molar-refractivity contribution in [2.45, 2.75) is 18.6 Å². The van der Waals surface area contributed by atoms with Crippen LogP contribution in [0.2, 0.25) is 0 Å². The fourth-order valence-electron chi connectivity index (χ4n) is 0.519. The van der Waals surface area contributed by atoms with Crippen LogP contribution in [-0.2, 0) is 9.32 Å². The van der Waals surface area contributed by atoms with Gasteiger partial charge in [-0.2, -0.15) is 0 Å². The first-order chi connectivity index (χ1) is 5.57. The van der Waals surface area contributed by atoms with Crippen molar-refractivity contribution in [1.82, 2.24) is 0 Å². The van der Waals surface area contributed by atoms with Crippen LogP contribution in [0.5, 0.6) is 0 Å². The highest BCUT2D eigenvalue weighted by atomic mass is 31.2. The third-order valence-electron chi connectivity index (χ3n) is 1.16. The summed E-state index contributed by atoms with van der Waals surface area (Å²) in [5, 5.41) is 18.0. The van der Waals surface area contributed by atoms with E-state index in [-0.39, 0.29) is 13.0 Å². The topological polar surface area (TPSA) is 113 Å². The van der Waals surface area contributed by atoms with Crippen molar-refractivity contribution < 1.29 is 24.4 Å². The maximum Gasteiger partial charge on any atom is 0.250 e. The lowest BCUT2D eigenvalue weighted by Crippen LogP contribution is -2.30. The lowest BCUT2D eigenvalue weighted by Gasteiger charge is -2.15. The average molecular weight is 197 g/mol. The predicted octanol–water partition coefficient (Wildman–Crippen LogP) is -1.51. The number of hydrogen-bond donors (Lipinski definition) is 4. The molecule has 0 aromatic carbocycles. The summed E-state index contributed by atoms with van der Waals surface area (Å²) in [6, 6.07) is 0. The van der Waals surface area contributed by atoms with E-state index in [1.807, 2.05) is 0 Å². The highest BCUT2D eigenvalue weighted by molar-refractivity contribution is 7.43. The third kappa shape index (κ3) is 5.54. The van der Waals surface area contributed by atoms with Crippen LogP contribution in [-0.4, -0.2) is 40.2 Å². The fourth-order valence-corrected chi connectivity index (χ4v) is 0.825. The molecule has 0 aromatic rings. The maximum atomic E-state index is 9.88. The van der Waals surface area contributed by atoms with Crippen molar-refractivity contribution in [3.63, 3.8) is 0 Å². The van der Waals surface area contributed by atoms with E-state index in [1.54, 1.807) is 0 Å². The Balaban J connectivity index is 3.55. The molecule has 0 spiro atoms. The molecule has 0 saturated carbocycles. The minimum Gasteiger partial charge on any atom is -0.390 e. The second-order valence-corrected chi connectivity index (χ2v) is 3.00. The molecule has 72 valence electrons. The Morgan fingerprint density at radius 1 is 1.50 bits per heavy atom. The Labute approximate surface area is 70.9 Å². The van der Waals surface area contributed by atoms with Gasteiger partial charge in [-0.15, -0.1) is 0 Å². The van der Waals surface area contributed by atoms with Gasteiger partial charge in [-0.25, -0.2) is 0 Å². The van der Waals surface area contributed by atoms with Crippen LogP contribution < -0.4 is 5.50 Å². The van der Waals surface area contributed by atoms with Gasteiger partial charge in [0.25, 0.3) is 0 Å². The van der Waals surface area contributed by atoms with E-state index in [0.29, 0.717) is 6.29 Å². The smallest absolute Gasteiger partial charge is 0.250 e. The molecular weight excluding hydrogens is 185 g/mol. The van der Waals surface area contributed by atoms with Gasteiger partial charge in [0.05, 0.1) is 12.7 Å². The molecule has 7 heteroatoms. The van der Waals surface area contributed by atoms with Crippen molar-refractivity contribution >= 4 is 14.8 Å². The Morgan fingerprint density at radius 3 is 2.50 bits per heavy atom. The molecule has 0 amide bonds. The molecule has 0 aliphatic carbocycles. The summed E-state index contributed by atoms with van der Waals surface area (Å²) in [4.78, 5) is 18.3. The number of aliphatic hydroxyl groups is 2. The molecule has 0 radical (unpaired) electrons. The number of aliphatic hydroxyl groups excluding tert-OH is 2. The van der Waals surface area contributed by atoms with Gasteiger partial charge in [0.2, 0.25) is 8.53 Å². The number of aldehydes is 1. The van der Waals surface area contributed by atoms with Crippen LogP contribution in [0.1, 0.15) is 6.42 Å². The van der Waals surface area contributed by atoms with Crippen LogP contribution in [0.3, 0.4) is 0 Å². The number of nitrogens with two attached hydrogens (primary N) is 1. The molecule has 0 heterocycles. The molecule has 0 rings (SSSR count). The van der Waals surface area contributed by atoms with E-state index < -0.39 is 20.7 Å². The second kappa shape index (κ2) is 6.42. The normalized spacial score (nSPS) is 18.3. The summed E-state index contributed by atoms with van der Waals surface area (Å²) in [6.45, 7) is -0.284. The Morgan fingerprint density at radius 2 is 2.08 bits per heavy atom. The van der Waals surface area contributed by atoms with Crippen molar-refractivity contribution in [1.29, 1.82) is 0 Å². The van der Waals surface area contributed by atoms with Gasteiger partial charge in [0.15, 0.2) is 0 Å². The molecule has 3 atom stereocenters. The van der Waals surface area contributed by atoms with Gasteiger partial charge < -0.3 is 24.4 Å². The summed E-state index contributed by atoms with van der Waals surface area (Å²) in [6.07, 6.45) is -2.05. The zero-order valence-electron chi connectivity index (χ0n) is 6.33. The minimum absolute atomic E-state index is 0.168. The summed E-state index contributed by atoms with van der Waals surface area (Å²) in [5.41, 5.74) is 4.85. The molecule has 0 aromatic heterocycles. The zero-order chi connectivity index (χ0) is 9.56. The lowest BCUT2D eigenvalue weighted by atomic mass is 10.2. The minimum atomic E-state index is -2.03. The van der Waals surface area contributed by atoms with Crippen molar-refractivity contribution in [3.05, 3.63) is 0 Å². The van der Waals surface area contributed by atoms with Crippen LogP contribution in [0.25, 0.3) is 0 Å². The summed E-state index contributed by atoms with van der Waals surface area (Å²) >= 11 is 0. The molecular formula is C5H12NO5P. The Bertz CT molecular complexity index is 133. The number of carbonyl (C=O) groups excluding carboxylic acids is 1. The fraction of sp³-hybridized carbons (Fsp3) is 0.800. The van der Waals surface area contributed by atoms with E-state index in [2.05, 4.69) is 4.52 Å². The molecule has 1 unspecified atom stereocenters. The monoisotopic (exact) mass is 197 g/mol. The van der Waals surface area contributed by atoms with E-state index >= 15 is 0 Å². The molecule has 6 nitrogen and oxygen atoms in total. The van der Waals surface area contributed by atoms with Crippen LogP contribution >= 0.6 is 8.53 Å². The third-order valence-corrected chi connectivity index (χ3v) is 1.57. The summed E-state index contributed by atoms with van der Waals surface area (Å²) in [5.74, 6) is 0. The molecule has 5 N–H and O–H groups in total. The van der Waals surface area contributed by atoms with Crippen molar-refractivity contribution in [2.75, 3.05) is 6.61 Å². The van der Waals surface area contributed by atoms with Gasteiger partial charge in [0, 0.05) is 6.42 Å². The highest BCUT2D eigenvalue weighted by Gasteiger charge is 2.16. The number of rotatable bonds is 6. The molecule has 0 saturated heterocycles. The van der Waals surface area contributed by atoms with Gasteiger partial charge in [-0.3, -0.25) is 5.50 Å². The predicted molar refractivity (Wildman–Crippen MR) is 42.0 cm³/mol. The van der Waals surface area contributed by atoms with Gasteiger partial charge in [-0.1, -0.05) is 0 Å². The zero-order valence-corrected chi connectivity index (χ0v) is 7.22. The van der Waals surface area contributed by atoms with E-state index in [0.717, 1.165) is 0 Å². The van der Waals surface area contributed by atoms with Crippen LogP contribution in [0.15, 0.2) is 0 Å². The van der Waals surface area contributed by atoms with E-state index in [4.69, 9.17) is 20.6 Å². The first kappa shape index (κ1) is 11.9. The molecule has 0 aliphatic rings. The first-order valence-electron chi connectivity index (χ1n) is 3.24. The molecule has 0 bridgehead atoms.